The van der Waals surface area contributed by atoms with Crippen molar-refractivity contribution in [2.24, 2.45) is 0 Å². The SMILES string of the molecule is CN1CCC(N2CCN(C(=O)[C@@H](Cc3cc(Cl)c(O)c(C(F)(F)F)c3)OC(O)N3CCC(N4Cc5ccccc5NC4=O)CC3)CC2)CC1. The molecule has 4 aliphatic heterocycles. The average Bonchev–Trinajstić information content (AvgIpc) is 3.09. The maximum atomic E-state index is 14.0. The summed E-state index contributed by atoms with van der Waals surface area (Å²) in [5.41, 5.74) is 0.548. The number of hydrogen-bond donors (Lipinski definition) is 3. The number of carbonyl (C=O) groups excluding carboxylic acids is 2. The molecule has 3 fully saturated rings. The number of phenolic OH excluding ortho intramolecular Hbond substituents is 1. The van der Waals surface area contributed by atoms with E-state index >= 15 is 0 Å². The molecular weight excluding hydrogens is 665 g/mol. The minimum Gasteiger partial charge on any atom is -0.506 e. The van der Waals surface area contributed by atoms with Gasteiger partial charge in [-0.25, -0.2) is 4.79 Å². The molecule has 4 heterocycles. The van der Waals surface area contributed by atoms with E-state index in [4.69, 9.17) is 16.3 Å². The van der Waals surface area contributed by atoms with Crippen molar-refractivity contribution in [3.63, 3.8) is 0 Å². The van der Waals surface area contributed by atoms with Crippen molar-refractivity contribution in [3.05, 3.63) is 58.1 Å². The number of para-hydroxylation sites is 1. The summed E-state index contributed by atoms with van der Waals surface area (Å²) in [6, 6.07) is 9.77. The second-order valence-corrected chi connectivity index (χ2v) is 13.9. The van der Waals surface area contributed by atoms with Gasteiger partial charge in [-0.1, -0.05) is 29.8 Å². The van der Waals surface area contributed by atoms with Gasteiger partial charge in [0.25, 0.3) is 5.91 Å². The number of aromatic hydroxyl groups is 1. The Kier molecular flexibility index (Phi) is 10.9. The number of amides is 3. The van der Waals surface area contributed by atoms with E-state index in [0.29, 0.717) is 64.7 Å². The summed E-state index contributed by atoms with van der Waals surface area (Å²) >= 11 is 5.99. The highest BCUT2D eigenvalue weighted by molar-refractivity contribution is 6.32. The number of anilines is 1. The summed E-state index contributed by atoms with van der Waals surface area (Å²) in [6.45, 7) is 5.44. The van der Waals surface area contributed by atoms with E-state index < -0.39 is 40.9 Å². The van der Waals surface area contributed by atoms with Gasteiger partial charge < -0.3 is 35.0 Å². The molecule has 268 valence electrons. The molecule has 15 heteroatoms. The lowest BCUT2D eigenvalue weighted by molar-refractivity contribution is -0.225. The van der Waals surface area contributed by atoms with Crippen LogP contribution in [-0.2, 0) is 28.7 Å². The Bertz CT molecular complexity index is 1490. The van der Waals surface area contributed by atoms with Crippen molar-refractivity contribution in [1.82, 2.24) is 24.5 Å². The molecule has 11 nitrogen and oxygen atoms in total. The zero-order chi connectivity index (χ0) is 34.9. The first-order chi connectivity index (χ1) is 23.4. The Morgan fingerprint density at radius 2 is 1.65 bits per heavy atom. The van der Waals surface area contributed by atoms with Gasteiger partial charge in [0.15, 0.2) is 0 Å². The third kappa shape index (κ3) is 8.26. The van der Waals surface area contributed by atoms with Crippen LogP contribution in [0.15, 0.2) is 36.4 Å². The fourth-order valence-electron chi connectivity index (χ4n) is 7.44. The van der Waals surface area contributed by atoms with Crippen LogP contribution in [0.5, 0.6) is 5.75 Å². The number of phenols is 1. The van der Waals surface area contributed by atoms with E-state index in [1.807, 2.05) is 24.3 Å². The Labute approximate surface area is 289 Å². The second-order valence-electron chi connectivity index (χ2n) is 13.5. The van der Waals surface area contributed by atoms with Crippen LogP contribution in [0.25, 0.3) is 0 Å². The Morgan fingerprint density at radius 1 is 1.00 bits per heavy atom. The Hall–Kier alpha value is -3.14. The molecule has 49 heavy (non-hydrogen) atoms. The highest BCUT2D eigenvalue weighted by Crippen LogP contribution is 2.41. The first kappa shape index (κ1) is 35.7. The van der Waals surface area contributed by atoms with Crippen molar-refractivity contribution in [2.75, 3.05) is 64.7 Å². The maximum absolute atomic E-state index is 14.0. The van der Waals surface area contributed by atoms with Crippen LogP contribution in [-0.4, -0.2) is 131 Å². The van der Waals surface area contributed by atoms with Gasteiger partial charge in [-0.05, 0) is 75.1 Å². The van der Waals surface area contributed by atoms with Gasteiger partial charge in [0.1, 0.15) is 11.9 Å². The molecule has 1 unspecified atom stereocenters. The summed E-state index contributed by atoms with van der Waals surface area (Å²) in [5.74, 6) is -1.51. The summed E-state index contributed by atoms with van der Waals surface area (Å²) in [5, 5.41) is 23.7. The number of aliphatic hydroxyl groups is 1. The lowest BCUT2D eigenvalue weighted by Gasteiger charge is -2.43. The number of ether oxygens (including phenoxy) is 1. The third-order valence-electron chi connectivity index (χ3n) is 10.4. The van der Waals surface area contributed by atoms with Crippen LogP contribution in [0.3, 0.4) is 0 Å². The van der Waals surface area contributed by atoms with E-state index in [0.717, 1.165) is 43.2 Å². The van der Waals surface area contributed by atoms with Crippen molar-refractivity contribution < 1.29 is 37.7 Å². The van der Waals surface area contributed by atoms with Crippen LogP contribution in [0.1, 0.15) is 42.4 Å². The molecule has 0 radical (unpaired) electrons. The predicted octanol–water partition coefficient (Wildman–Crippen LogP) is 4.02. The van der Waals surface area contributed by atoms with E-state index in [2.05, 4.69) is 22.2 Å². The van der Waals surface area contributed by atoms with Gasteiger partial charge in [0.2, 0.25) is 6.41 Å². The Balaban J connectivity index is 1.12. The molecule has 2 atom stereocenters. The van der Waals surface area contributed by atoms with Crippen molar-refractivity contribution in [3.8, 4) is 5.75 Å². The number of nitrogens with zero attached hydrogens (tertiary/aromatic N) is 5. The fraction of sp³-hybridized carbons (Fsp3) is 0.588. The number of carbonyl (C=O) groups is 2. The quantitative estimate of drug-likeness (QED) is 0.353. The zero-order valence-corrected chi connectivity index (χ0v) is 28.3. The largest absolute Gasteiger partial charge is 0.506 e. The lowest BCUT2D eigenvalue weighted by Crippen LogP contribution is -2.57. The molecule has 0 saturated carbocycles. The topological polar surface area (TPSA) is 112 Å². The zero-order valence-electron chi connectivity index (χ0n) is 27.5. The van der Waals surface area contributed by atoms with Gasteiger partial charge >= 0.3 is 12.2 Å². The number of fused-ring (bicyclic) bond motifs is 1. The molecule has 3 N–H and O–H groups in total. The van der Waals surface area contributed by atoms with Crippen molar-refractivity contribution in [2.45, 2.75) is 69.4 Å². The lowest BCUT2D eigenvalue weighted by atomic mass is 10.0. The monoisotopic (exact) mass is 708 g/mol. The third-order valence-corrected chi connectivity index (χ3v) is 10.6. The maximum Gasteiger partial charge on any atom is 0.420 e. The fourth-order valence-corrected chi connectivity index (χ4v) is 7.68. The molecule has 0 aromatic heterocycles. The summed E-state index contributed by atoms with van der Waals surface area (Å²) < 4.78 is 47.1. The average molecular weight is 709 g/mol. The van der Waals surface area contributed by atoms with Crippen LogP contribution < -0.4 is 5.32 Å². The van der Waals surface area contributed by atoms with Crippen LogP contribution in [0.2, 0.25) is 5.02 Å². The molecule has 0 bridgehead atoms. The highest BCUT2D eigenvalue weighted by Gasteiger charge is 2.39. The van der Waals surface area contributed by atoms with E-state index in [1.165, 1.54) is 6.07 Å². The summed E-state index contributed by atoms with van der Waals surface area (Å²) in [7, 11) is 2.11. The van der Waals surface area contributed by atoms with Crippen LogP contribution >= 0.6 is 11.6 Å². The second kappa shape index (κ2) is 15.0. The minimum atomic E-state index is -4.87. The number of benzene rings is 2. The number of halogens is 4. The number of hydrogen-bond acceptors (Lipinski definition) is 8. The predicted molar refractivity (Wildman–Crippen MR) is 177 cm³/mol. The molecule has 3 amide bonds. The molecule has 2 aromatic rings. The normalized spacial score (nSPS) is 22.1. The van der Waals surface area contributed by atoms with Crippen molar-refractivity contribution in [1.29, 1.82) is 0 Å². The first-order valence-electron chi connectivity index (χ1n) is 16.9. The van der Waals surface area contributed by atoms with Crippen LogP contribution in [0, 0.1) is 0 Å². The van der Waals surface area contributed by atoms with E-state index in [9.17, 15) is 33.0 Å². The number of likely N-dealkylation sites (tertiary alicyclic amines) is 2. The standard InChI is InChI=1S/C34H44ClF3N6O5/c1-40-10-6-24(7-11-40)41-14-16-42(17-15-41)31(46)29(20-22-18-26(34(36,37)38)30(45)27(35)19-22)49-33(48)43-12-8-25(9-13-43)44-21-23-4-2-3-5-28(23)39-32(44)47/h2-5,18-19,24-25,29,33,45,48H,6-17,20-21H2,1H3,(H,39,47)/t29-,33?/m1/s1. The van der Waals surface area contributed by atoms with Gasteiger partial charge in [-0.3, -0.25) is 14.6 Å². The van der Waals surface area contributed by atoms with E-state index in [1.54, 1.807) is 14.7 Å². The molecule has 0 aliphatic carbocycles. The van der Waals surface area contributed by atoms with Crippen LogP contribution in [0.4, 0.5) is 23.7 Å². The van der Waals surface area contributed by atoms with Gasteiger partial charge in [-0.15, -0.1) is 0 Å². The number of nitrogens with one attached hydrogen (secondary N) is 1. The number of piperidine rings is 2. The van der Waals surface area contributed by atoms with Gasteiger partial charge in [0, 0.05) is 70.0 Å². The number of alkyl halides is 3. The van der Waals surface area contributed by atoms with Gasteiger partial charge in [-0.2, -0.15) is 13.2 Å². The molecule has 6 rings (SSSR count). The Morgan fingerprint density at radius 3 is 2.33 bits per heavy atom. The molecule has 4 aliphatic rings. The molecule has 2 aromatic carbocycles. The summed E-state index contributed by atoms with van der Waals surface area (Å²) in [4.78, 5) is 36.6. The van der Waals surface area contributed by atoms with E-state index in [-0.39, 0.29) is 24.1 Å². The number of urea groups is 1. The smallest absolute Gasteiger partial charge is 0.420 e. The number of aliphatic hydroxyl groups excluding tert-OH is 1. The summed E-state index contributed by atoms with van der Waals surface area (Å²) in [6.07, 6.45) is -4.78. The van der Waals surface area contributed by atoms with Gasteiger partial charge in [0.05, 0.1) is 10.6 Å². The minimum absolute atomic E-state index is 0.0423. The van der Waals surface area contributed by atoms with Crippen molar-refractivity contribution >= 4 is 29.2 Å². The molecule has 0 spiro atoms. The number of piperazine rings is 1. The highest BCUT2D eigenvalue weighted by atomic mass is 35.5. The molecule has 3 saturated heterocycles. The first-order valence-corrected chi connectivity index (χ1v) is 17.3. The molecular formula is C34H44ClF3N6O5. The number of rotatable bonds is 8.